The van der Waals surface area contributed by atoms with Crippen molar-refractivity contribution < 1.29 is 9.53 Å². The lowest BCUT2D eigenvalue weighted by molar-refractivity contribution is -0.0295. The minimum Gasteiger partial charge on any atom is -0.381 e. The molecule has 0 aromatic heterocycles. The van der Waals surface area contributed by atoms with E-state index in [0.717, 1.165) is 37.1 Å². The molecule has 2 fully saturated rings. The molecule has 1 saturated heterocycles. The molecule has 3 nitrogen and oxygen atoms in total. The molecule has 0 unspecified atom stereocenters. The molecule has 120 valence electrons. The highest BCUT2D eigenvalue weighted by atomic mass is 35.5. The lowest BCUT2D eigenvalue weighted by Gasteiger charge is -2.43. The predicted octanol–water partition coefficient (Wildman–Crippen LogP) is 4.07. The maximum atomic E-state index is 12.9. The molecular weight excluding hydrogens is 298 g/mol. The van der Waals surface area contributed by atoms with E-state index in [0.29, 0.717) is 11.1 Å². The number of amides is 1. The number of benzene rings is 1. The quantitative estimate of drug-likeness (QED) is 0.821. The third-order valence-electron chi connectivity index (χ3n) is 5.42. The summed E-state index contributed by atoms with van der Waals surface area (Å²) < 4.78 is 5.72. The second-order valence-corrected chi connectivity index (χ2v) is 7.20. The first kappa shape index (κ1) is 15.8. The average Bonchev–Trinajstić information content (AvgIpc) is 2.88. The molecule has 1 aromatic carbocycles. The van der Waals surface area contributed by atoms with Gasteiger partial charge in [0.1, 0.15) is 0 Å². The van der Waals surface area contributed by atoms with Crippen LogP contribution in [0.4, 0.5) is 0 Å². The second kappa shape index (κ2) is 6.21. The van der Waals surface area contributed by atoms with Crippen LogP contribution in [-0.4, -0.2) is 37.1 Å². The van der Waals surface area contributed by atoms with E-state index in [1.165, 1.54) is 19.3 Å². The van der Waals surface area contributed by atoms with Crippen molar-refractivity contribution in [2.75, 3.05) is 20.2 Å². The third kappa shape index (κ3) is 2.77. The van der Waals surface area contributed by atoms with Gasteiger partial charge >= 0.3 is 0 Å². The molecule has 2 aliphatic rings. The van der Waals surface area contributed by atoms with Gasteiger partial charge in [0.25, 0.3) is 5.91 Å². The molecule has 2 atom stereocenters. The summed E-state index contributed by atoms with van der Waals surface area (Å²) in [6.07, 6.45) is 6.05. The summed E-state index contributed by atoms with van der Waals surface area (Å²) in [6.45, 7) is 3.62. The summed E-state index contributed by atoms with van der Waals surface area (Å²) in [4.78, 5) is 14.9. The highest BCUT2D eigenvalue weighted by Gasteiger charge is 2.46. The fraction of sp³-hybridized carbons (Fsp3) is 0.611. The summed E-state index contributed by atoms with van der Waals surface area (Å²) in [6, 6.07) is 5.51. The van der Waals surface area contributed by atoms with Crippen LogP contribution in [0.3, 0.4) is 0 Å². The molecule has 1 aliphatic carbocycles. The maximum absolute atomic E-state index is 12.9. The van der Waals surface area contributed by atoms with Crippen molar-refractivity contribution in [2.24, 2.45) is 5.41 Å². The smallest absolute Gasteiger partial charge is 0.254 e. The van der Waals surface area contributed by atoms with Gasteiger partial charge in [-0.15, -0.1) is 0 Å². The average molecular weight is 322 g/mol. The number of halogens is 1. The van der Waals surface area contributed by atoms with Gasteiger partial charge in [0, 0.05) is 36.2 Å². The van der Waals surface area contributed by atoms with Gasteiger partial charge in [-0.05, 0) is 56.4 Å². The predicted molar refractivity (Wildman–Crippen MR) is 88.4 cm³/mol. The summed E-state index contributed by atoms with van der Waals surface area (Å²) in [5, 5.41) is 0.680. The standard InChI is InChI=1S/C18H24ClNO2/c1-13-11-14(19)6-7-15(13)17(21)20-10-4-9-18(12-20)8-3-5-16(18)22-2/h6-7,11,16H,3-5,8-10,12H2,1-2H3/t16-,18+/m1/s1. The molecule has 1 amide bonds. The van der Waals surface area contributed by atoms with Gasteiger partial charge in [-0.2, -0.15) is 0 Å². The van der Waals surface area contributed by atoms with Crippen LogP contribution in [-0.2, 0) is 4.74 Å². The minimum atomic E-state index is 0.134. The van der Waals surface area contributed by atoms with Crippen molar-refractivity contribution in [3.63, 3.8) is 0 Å². The molecule has 1 aromatic rings. The van der Waals surface area contributed by atoms with E-state index in [4.69, 9.17) is 16.3 Å². The SMILES string of the molecule is CO[C@@H]1CCC[C@@]12CCCN(C(=O)c1ccc(Cl)cc1C)C2. The van der Waals surface area contributed by atoms with Crippen LogP contribution in [0.2, 0.25) is 5.02 Å². The molecule has 0 radical (unpaired) electrons. The first-order valence-electron chi connectivity index (χ1n) is 8.14. The molecule has 1 heterocycles. The lowest BCUT2D eigenvalue weighted by atomic mass is 9.76. The van der Waals surface area contributed by atoms with Gasteiger partial charge in [0.15, 0.2) is 0 Å². The number of nitrogens with zero attached hydrogens (tertiary/aromatic N) is 1. The fourth-order valence-electron chi connectivity index (χ4n) is 4.31. The third-order valence-corrected chi connectivity index (χ3v) is 5.66. The van der Waals surface area contributed by atoms with Gasteiger partial charge < -0.3 is 9.64 Å². The van der Waals surface area contributed by atoms with E-state index in [9.17, 15) is 4.79 Å². The normalized spacial score (nSPS) is 28.3. The maximum Gasteiger partial charge on any atom is 0.254 e. The van der Waals surface area contributed by atoms with Gasteiger partial charge in [-0.25, -0.2) is 0 Å². The molecule has 3 rings (SSSR count). The fourth-order valence-corrected chi connectivity index (χ4v) is 4.54. The van der Waals surface area contributed by atoms with Crippen LogP contribution in [0.15, 0.2) is 18.2 Å². The molecule has 0 bridgehead atoms. The molecule has 1 aliphatic heterocycles. The van der Waals surface area contributed by atoms with E-state index in [1.54, 1.807) is 6.07 Å². The largest absolute Gasteiger partial charge is 0.381 e. The van der Waals surface area contributed by atoms with Crippen LogP contribution >= 0.6 is 11.6 Å². The lowest BCUT2D eigenvalue weighted by Crippen LogP contribution is -2.49. The molecular formula is C18H24ClNO2. The molecule has 22 heavy (non-hydrogen) atoms. The number of methoxy groups -OCH3 is 1. The Balaban J connectivity index is 1.81. The number of hydrogen-bond donors (Lipinski definition) is 0. The van der Waals surface area contributed by atoms with Crippen molar-refractivity contribution in [3.8, 4) is 0 Å². The van der Waals surface area contributed by atoms with Crippen LogP contribution in [0.5, 0.6) is 0 Å². The van der Waals surface area contributed by atoms with Gasteiger partial charge in [-0.3, -0.25) is 4.79 Å². The zero-order valence-electron chi connectivity index (χ0n) is 13.4. The van der Waals surface area contributed by atoms with Crippen LogP contribution < -0.4 is 0 Å². The zero-order chi connectivity index (χ0) is 15.7. The Bertz CT molecular complexity index is 574. The summed E-state index contributed by atoms with van der Waals surface area (Å²) >= 11 is 6.00. The number of carbonyl (C=O) groups excluding carboxylic acids is 1. The monoisotopic (exact) mass is 321 g/mol. The Morgan fingerprint density at radius 1 is 1.36 bits per heavy atom. The van der Waals surface area contributed by atoms with E-state index < -0.39 is 0 Å². The Morgan fingerprint density at radius 2 is 2.14 bits per heavy atom. The highest BCUT2D eigenvalue weighted by molar-refractivity contribution is 6.30. The zero-order valence-corrected chi connectivity index (χ0v) is 14.2. The Hall–Kier alpha value is -1.06. The van der Waals surface area contributed by atoms with Gasteiger partial charge in [0.2, 0.25) is 0 Å². The number of hydrogen-bond acceptors (Lipinski definition) is 2. The molecule has 4 heteroatoms. The molecule has 0 N–H and O–H groups in total. The summed E-state index contributed by atoms with van der Waals surface area (Å²) in [5.41, 5.74) is 1.89. The van der Waals surface area contributed by atoms with Gasteiger partial charge in [-0.1, -0.05) is 18.0 Å². The number of likely N-dealkylation sites (tertiary alicyclic amines) is 1. The Morgan fingerprint density at radius 3 is 2.86 bits per heavy atom. The van der Waals surface area contributed by atoms with Crippen molar-refractivity contribution in [2.45, 2.75) is 45.1 Å². The van der Waals surface area contributed by atoms with Crippen molar-refractivity contribution in [1.82, 2.24) is 4.90 Å². The van der Waals surface area contributed by atoms with E-state index in [-0.39, 0.29) is 11.3 Å². The highest BCUT2D eigenvalue weighted by Crippen LogP contribution is 2.46. The molecule has 1 spiro atoms. The van der Waals surface area contributed by atoms with Crippen molar-refractivity contribution in [1.29, 1.82) is 0 Å². The number of carbonyl (C=O) groups is 1. The number of aryl methyl sites for hydroxylation is 1. The first-order chi connectivity index (χ1) is 10.6. The van der Waals surface area contributed by atoms with Gasteiger partial charge in [0.05, 0.1) is 6.10 Å². The molecule has 1 saturated carbocycles. The number of piperidine rings is 1. The topological polar surface area (TPSA) is 29.5 Å². The Kier molecular flexibility index (Phi) is 4.47. The summed E-state index contributed by atoms with van der Waals surface area (Å²) in [5.74, 6) is 0.134. The first-order valence-corrected chi connectivity index (χ1v) is 8.52. The number of ether oxygens (including phenoxy) is 1. The van der Waals surface area contributed by atoms with Crippen LogP contribution in [0.25, 0.3) is 0 Å². The van der Waals surface area contributed by atoms with Crippen LogP contribution in [0, 0.1) is 12.3 Å². The second-order valence-electron chi connectivity index (χ2n) is 6.77. The minimum absolute atomic E-state index is 0.134. The Labute approximate surface area is 137 Å². The number of rotatable bonds is 2. The summed E-state index contributed by atoms with van der Waals surface area (Å²) in [7, 11) is 1.81. The van der Waals surface area contributed by atoms with Crippen molar-refractivity contribution in [3.05, 3.63) is 34.3 Å². The van der Waals surface area contributed by atoms with E-state index >= 15 is 0 Å². The van der Waals surface area contributed by atoms with E-state index in [2.05, 4.69) is 0 Å². The van der Waals surface area contributed by atoms with E-state index in [1.807, 2.05) is 31.1 Å². The van der Waals surface area contributed by atoms with Crippen LogP contribution in [0.1, 0.15) is 48.0 Å². The van der Waals surface area contributed by atoms with Crippen molar-refractivity contribution >= 4 is 17.5 Å².